The van der Waals surface area contributed by atoms with Crippen LogP contribution in [0.25, 0.3) is 17.2 Å². The Hall–Kier alpha value is -3.51. The van der Waals surface area contributed by atoms with Crippen LogP contribution >= 0.6 is 0 Å². The lowest BCUT2D eigenvalue weighted by atomic mass is 9.95. The third-order valence-corrected chi connectivity index (χ3v) is 6.85. The van der Waals surface area contributed by atoms with Crippen molar-refractivity contribution < 1.29 is 17.9 Å². The second-order valence-electron chi connectivity index (χ2n) is 8.87. The normalized spacial score (nSPS) is 22.0. The van der Waals surface area contributed by atoms with Gasteiger partial charge in [-0.25, -0.2) is 15.0 Å². The van der Waals surface area contributed by atoms with Crippen molar-refractivity contribution in [1.82, 2.24) is 34.4 Å². The van der Waals surface area contributed by atoms with E-state index < -0.39 is 11.7 Å². The van der Waals surface area contributed by atoms with E-state index in [2.05, 4.69) is 36.9 Å². The number of fused-ring (bicyclic) bond motifs is 1. The van der Waals surface area contributed by atoms with Crippen molar-refractivity contribution in [2.75, 3.05) is 31.2 Å². The number of hydrogen-bond donors (Lipinski definition) is 1. The first-order valence-corrected chi connectivity index (χ1v) is 11.4. The number of pyridine rings is 1. The number of H-pyrrole nitrogens is 1. The molecule has 0 spiro atoms. The Morgan fingerprint density at radius 2 is 1.94 bits per heavy atom. The van der Waals surface area contributed by atoms with Gasteiger partial charge in [-0.15, -0.1) is 0 Å². The number of alkyl halides is 3. The zero-order chi connectivity index (χ0) is 24.2. The van der Waals surface area contributed by atoms with Gasteiger partial charge in [0.05, 0.1) is 43.3 Å². The summed E-state index contributed by atoms with van der Waals surface area (Å²) >= 11 is 0. The molecule has 6 heterocycles. The van der Waals surface area contributed by atoms with Crippen LogP contribution in [0.5, 0.6) is 0 Å². The highest BCUT2D eigenvalue weighted by Crippen LogP contribution is 2.36. The molecule has 0 saturated carbocycles. The van der Waals surface area contributed by atoms with Gasteiger partial charge in [-0.1, -0.05) is 0 Å². The third kappa shape index (κ3) is 3.82. The van der Waals surface area contributed by atoms with Crippen LogP contribution in [0.15, 0.2) is 49.2 Å². The summed E-state index contributed by atoms with van der Waals surface area (Å²) in [5.41, 5.74) is 1.13. The van der Waals surface area contributed by atoms with Gasteiger partial charge in [-0.05, 0) is 25.1 Å². The van der Waals surface area contributed by atoms with Crippen LogP contribution in [0.1, 0.15) is 24.1 Å². The predicted octanol–water partition coefficient (Wildman–Crippen LogP) is 3.18. The van der Waals surface area contributed by atoms with E-state index in [1.54, 1.807) is 6.20 Å². The Bertz CT molecular complexity index is 1330. The summed E-state index contributed by atoms with van der Waals surface area (Å²) in [6.07, 6.45) is 3.47. The van der Waals surface area contributed by atoms with Crippen LogP contribution in [-0.2, 0) is 10.9 Å². The number of hydrogen-bond acceptors (Lipinski definition) is 7. The maximum absolute atomic E-state index is 13.3. The van der Waals surface area contributed by atoms with Gasteiger partial charge in [0.1, 0.15) is 17.2 Å². The third-order valence-electron chi connectivity index (χ3n) is 6.85. The molecule has 2 fully saturated rings. The van der Waals surface area contributed by atoms with Crippen molar-refractivity contribution >= 4 is 11.5 Å². The Labute approximate surface area is 198 Å². The molecule has 9 nitrogen and oxygen atoms in total. The first-order valence-electron chi connectivity index (χ1n) is 11.4. The number of nitrogens with zero attached hydrogens (tertiary/aromatic N) is 7. The molecule has 182 valence electrons. The molecule has 2 atom stereocenters. The largest absolute Gasteiger partial charge is 0.417 e. The summed E-state index contributed by atoms with van der Waals surface area (Å²) in [6, 6.07) is 4.70. The van der Waals surface area contributed by atoms with E-state index in [1.807, 2.05) is 18.5 Å². The van der Waals surface area contributed by atoms with Crippen LogP contribution in [0.3, 0.4) is 0 Å². The smallest absolute Gasteiger partial charge is 0.378 e. The van der Waals surface area contributed by atoms with Crippen molar-refractivity contribution in [2.24, 2.45) is 0 Å². The zero-order valence-electron chi connectivity index (χ0n) is 18.9. The van der Waals surface area contributed by atoms with E-state index >= 15 is 0 Å². The first-order chi connectivity index (χ1) is 16.9. The molecule has 0 unspecified atom stereocenters. The maximum atomic E-state index is 13.3. The van der Waals surface area contributed by atoms with Gasteiger partial charge < -0.3 is 9.64 Å². The summed E-state index contributed by atoms with van der Waals surface area (Å²) in [7, 11) is 0. The van der Waals surface area contributed by atoms with Crippen LogP contribution < -0.4 is 4.90 Å². The second-order valence-corrected chi connectivity index (χ2v) is 8.87. The molecule has 4 aromatic rings. The van der Waals surface area contributed by atoms with Crippen molar-refractivity contribution in [1.29, 1.82) is 0 Å². The molecule has 2 aliphatic heterocycles. The van der Waals surface area contributed by atoms with Gasteiger partial charge in [-0.2, -0.15) is 18.3 Å². The fourth-order valence-corrected chi connectivity index (χ4v) is 5.00. The lowest BCUT2D eigenvalue weighted by molar-refractivity contribution is -0.137. The molecule has 35 heavy (non-hydrogen) atoms. The molecule has 4 aromatic heterocycles. The molecule has 0 aliphatic carbocycles. The van der Waals surface area contributed by atoms with Crippen molar-refractivity contribution in [2.45, 2.75) is 31.2 Å². The van der Waals surface area contributed by atoms with Crippen molar-refractivity contribution in [3.05, 3.63) is 60.3 Å². The summed E-state index contributed by atoms with van der Waals surface area (Å²) in [4.78, 5) is 18.0. The number of halogens is 3. The zero-order valence-corrected chi connectivity index (χ0v) is 18.9. The molecule has 2 saturated heterocycles. The molecule has 2 aliphatic rings. The van der Waals surface area contributed by atoms with E-state index in [0.29, 0.717) is 42.2 Å². The molecule has 0 radical (unpaired) electrons. The molecular formula is C23H23F3N8O. The standard InChI is InChI=1S/C23H23F3N8O/c1-14-21(15-8-29-30-9-15)33(17-12-35-13-17)7-6-32(14)20-4-5-27-22(31-20)18-10-28-19-3-2-16(11-34(18)19)23(24,25)26/h2-5,8-11,14,17,21H,6-7,12-13H2,1H3,(H,29,30)/t14-,21+/m1/s1. The number of piperazine rings is 1. The molecule has 12 heteroatoms. The minimum Gasteiger partial charge on any atom is -0.378 e. The Balaban J connectivity index is 1.35. The molecule has 0 aromatic carbocycles. The van der Waals surface area contributed by atoms with Gasteiger partial charge in [0.2, 0.25) is 0 Å². The Kier molecular flexibility index (Phi) is 5.22. The molecule has 0 bridgehead atoms. The van der Waals surface area contributed by atoms with Crippen LogP contribution in [-0.4, -0.2) is 72.8 Å². The van der Waals surface area contributed by atoms with Gasteiger partial charge in [-0.3, -0.25) is 14.4 Å². The Morgan fingerprint density at radius 3 is 2.66 bits per heavy atom. The molecule has 0 amide bonds. The van der Waals surface area contributed by atoms with Crippen LogP contribution in [0, 0.1) is 0 Å². The highest BCUT2D eigenvalue weighted by atomic mass is 19.4. The average molecular weight is 484 g/mol. The topological polar surface area (TPSA) is 87.5 Å². The minimum atomic E-state index is -4.46. The summed E-state index contributed by atoms with van der Waals surface area (Å²) in [6.45, 7) is 5.14. The average Bonchev–Trinajstić information content (AvgIpc) is 3.47. The van der Waals surface area contributed by atoms with E-state index in [-0.39, 0.29) is 12.1 Å². The quantitative estimate of drug-likeness (QED) is 0.476. The number of imidazole rings is 1. The lowest BCUT2D eigenvalue weighted by Gasteiger charge is -2.51. The minimum absolute atomic E-state index is 0.0590. The summed E-state index contributed by atoms with van der Waals surface area (Å²) in [5.74, 6) is 1.03. The van der Waals surface area contributed by atoms with E-state index in [0.717, 1.165) is 30.9 Å². The number of nitrogens with one attached hydrogen (secondary N) is 1. The SMILES string of the molecule is C[C@@H]1[C@@H](c2cn[nH]c2)N(C2COC2)CCN1c1ccnc(-c2cnc3ccc(C(F)(F)F)cn23)n1. The number of aromatic nitrogens is 6. The summed E-state index contributed by atoms with van der Waals surface area (Å²) < 4.78 is 46.7. The molecule has 6 rings (SSSR count). The van der Waals surface area contributed by atoms with Gasteiger partial charge in [0.25, 0.3) is 0 Å². The first kappa shape index (κ1) is 22.0. The maximum Gasteiger partial charge on any atom is 0.417 e. The van der Waals surface area contributed by atoms with Crippen molar-refractivity contribution in [3.63, 3.8) is 0 Å². The monoisotopic (exact) mass is 484 g/mol. The fourth-order valence-electron chi connectivity index (χ4n) is 5.00. The number of aromatic amines is 1. The highest BCUT2D eigenvalue weighted by molar-refractivity contribution is 5.59. The number of ether oxygens (including phenoxy) is 1. The van der Waals surface area contributed by atoms with E-state index in [1.165, 1.54) is 16.7 Å². The van der Waals surface area contributed by atoms with Gasteiger partial charge in [0, 0.05) is 43.3 Å². The Morgan fingerprint density at radius 1 is 1.09 bits per heavy atom. The summed E-state index contributed by atoms with van der Waals surface area (Å²) in [5, 5.41) is 7.07. The van der Waals surface area contributed by atoms with Gasteiger partial charge >= 0.3 is 6.18 Å². The highest BCUT2D eigenvalue weighted by Gasteiger charge is 2.41. The van der Waals surface area contributed by atoms with Crippen molar-refractivity contribution in [3.8, 4) is 11.5 Å². The van der Waals surface area contributed by atoms with Crippen LogP contribution in [0.4, 0.5) is 19.0 Å². The number of anilines is 1. The number of rotatable bonds is 4. The van der Waals surface area contributed by atoms with E-state index in [4.69, 9.17) is 9.72 Å². The second kappa shape index (κ2) is 8.31. The molecule has 1 N–H and O–H groups in total. The molecular weight excluding hydrogens is 461 g/mol. The predicted molar refractivity (Wildman–Crippen MR) is 121 cm³/mol. The van der Waals surface area contributed by atoms with E-state index in [9.17, 15) is 13.2 Å². The van der Waals surface area contributed by atoms with Gasteiger partial charge in [0.15, 0.2) is 5.82 Å². The fraction of sp³-hybridized carbons (Fsp3) is 0.391. The van der Waals surface area contributed by atoms with Crippen LogP contribution in [0.2, 0.25) is 0 Å². The lowest BCUT2D eigenvalue weighted by Crippen LogP contribution is -2.61.